The minimum Gasteiger partial charge on any atom is -0.345 e. The Labute approximate surface area is 81.4 Å². The van der Waals surface area contributed by atoms with E-state index in [1.807, 2.05) is 6.07 Å². The average molecular weight is 194 g/mol. The second-order valence-electron chi connectivity index (χ2n) is 2.50. The summed E-state index contributed by atoms with van der Waals surface area (Å²) in [5.41, 5.74) is 1.28. The number of hydrogen-bond donors (Lipinski definition) is 1. The van der Waals surface area contributed by atoms with Gasteiger partial charge in [0.2, 0.25) is 0 Å². The van der Waals surface area contributed by atoms with Gasteiger partial charge in [0.25, 0.3) is 0 Å². The van der Waals surface area contributed by atoms with Gasteiger partial charge >= 0.3 is 0 Å². The molecule has 1 rings (SSSR count). The van der Waals surface area contributed by atoms with Crippen molar-refractivity contribution >= 4 is 30.2 Å². The van der Waals surface area contributed by atoms with E-state index in [1.54, 1.807) is 19.2 Å². The Bertz CT molecular complexity index is 395. The fraction of sp³-hybridized carbons (Fsp3) is 0.111. The SMILES string of the molecule is C=Nc1[nH]cc(Cl)c1/C=C(\C)C#N. The molecule has 66 valence electrons. The molecule has 4 heteroatoms. The van der Waals surface area contributed by atoms with Crippen LogP contribution in [0.4, 0.5) is 5.82 Å². The highest BCUT2D eigenvalue weighted by Crippen LogP contribution is 2.27. The molecule has 0 spiro atoms. The number of H-pyrrole nitrogens is 1. The van der Waals surface area contributed by atoms with E-state index in [2.05, 4.69) is 16.7 Å². The third kappa shape index (κ3) is 1.98. The summed E-state index contributed by atoms with van der Waals surface area (Å²) < 4.78 is 0. The second kappa shape index (κ2) is 3.92. The van der Waals surface area contributed by atoms with Gasteiger partial charge in [0.15, 0.2) is 0 Å². The standard InChI is InChI=1S/C9H8ClN3/c1-6(4-11)3-7-8(10)5-13-9(7)12-2/h3,5,13H,2H2,1H3/b6-3+. The summed E-state index contributed by atoms with van der Waals surface area (Å²) in [6.45, 7) is 5.09. The van der Waals surface area contributed by atoms with Crippen LogP contribution in [0.1, 0.15) is 12.5 Å². The van der Waals surface area contributed by atoms with E-state index in [0.717, 1.165) is 0 Å². The Morgan fingerprint density at radius 1 is 1.85 bits per heavy atom. The molecule has 0 amide bonds. The van der Waals surface area contributed by atoms with E-state index >= 15 is 0 Å². The molecular formula is C9H8ClN3. The number of aliphatic imine (C=N–C) groups is 1. The lowest BCUT2D eigenvalue weighted by molar-refractivity contribution is 1.34. The zero-order chi connectivity index (χ0) is 9.84. The highest BCUT2D eigenvalue weighted by Gasteiger charge is 2.05. The number of aromatic amines is 1. The number of allylic oxidation sites excluding steroid dienone is 1. The Kier molecular flexibility index (Phi) is 2.88. The topological polar surface area (TPSA) is 51.9 Å². The monoisotopic (exact) mass is 193 g/mol. The predicted octanol–water partition coefficient (Wildman–Crippen LogP) is 2.93. The van der Waals surface area contributed by atoms with Gasteiger partial charge in [0, 0.05) is 17.3 Å². The predicted molar refractivity (Wildman–Crippen MR) is 54.3 cm³/mol. The molecule has 1 aromatic heterocycles. The largest absolute Gasteiger partial charge is 0.345 e. The molecule has 0 unspecified atom stereocenters. The minimum absolute atomic E-state index is 0.539. The molecule has 0 bridgehead atoms. The molecule has 3 nitrogen and oxygen atoms in total. The van der Waals surface area contributed by atoms with Crippen molar-refractivity contribution in [3.8, 4) is 6.07 Å². The lowest BCUT2D eigenvalue weighted by Gasteiger charge is -1.92. The van der Waals surface area contributed by atoms with Gasteiger partial charge in [-0.25, -0.2) is 4.99 Å². The molecule has 0 radical (unpaired) electrons. The molecule has 0 aliphatic heterocycles. The maximum absolute atomic E-state index is 8.57. The van der Waals surface area contributed by atoms with Gasteiger partial charge in [0.05, 0.1) is 11.1 Å². The van der Waals surface area contributed by atoms with Crippen LogP contribution in [-0.4, -0.2) is 11.7 Å². The smallest absolute Gasteiger partial charge is 0.138 e. The molecule has 0 aromatic carbocycles. The first-order chi connectivity index (χ1) is 6.19. The fourth-order valence-electron chi connectivity index (χ4n) is 0.917. The maximum atomic E-state index is 8.57. The van der Waals surface area contributed by atoms with E-state index in [1.165, 1.54) is 0 Å². The first kappa shape index (κ1) is 9.56. The van der Waals surface area contributed by atoms with Crippen LogP contribution in [0.15, 0.2) is 16.8 Å². The molecule has 13 heavy (non-hydrogen) atoms. The number of nitrogens with one attached hydrogen (secondary N) is 1. The summed E-state index contributed by atoms with van der Waals surface area (Å²) in [5.74, 6) is 0.583. The Balaban J connectivity index is 3.21. The normalized spacial score (nSPS) is 11.0. The highest BCUT2D eigenvalue weighted by molar-refractivity contribution is 6.32. The van der Waals surface area contributed by atoms with Crippen molar-refractivity contribution in [2.75, 3.05) is 0 Å². The molecule has 0 saturated heterocycles. The van der Waals surface area contributed by atoms with Crippen LogP contribution in [0, 0.1) is 11.3 Å². The highest BCUT2D eigenvalue weighted by atomic mass is 35.5. The number of aromatic nitrogens is 1. The third-order valence-corrected chi connectivity index (χ3v) is 1.86. The van der Waals surface area contributed by atoms with Gasteiger partial charge in [-0.15, -0.1) is 0 Å². The number of rotatable bonds is 2. The van der Waals surface area contributed by atoms with Crippen LogP contribution in [0.2, 0.25) is 5.02 Å². The van der Waals surface area contributed by atoms with Crippen molar-refractivity contribution in [1.82, 2.24) is 4.98 Å². The van der Waals surface area contributed by atoms with Crippen molar-refractivity contribution in [3.63, 3.8) is 0 Å². The second-order valence-corrected chi connectivity index (χ2v) is 2.90. The van der Waals surface area contributed by atoms with E-state index in [0.29, 0.717) is 22.0 Å². The zero-order valence-electron chi connectivity index (χ0n) is 7.13. The van der Waals surface area contributed by atoms with Gasteiger partial charge in [-0.3, -0.25) is 0 Å². The van der Waals surface area contributed by atoms with E-state index in [4.69, 9.17) is 16.9 Å². The maximum Gasteiger partial charge on any atom is 0.138 e. The fourth-order valence-corrected chi connectivity index (χ4v) is 1.12. The lowest BCUT2D eigenvalue weighted by Crippen LogP contribution is -1.72. The van der Waals surface area contributed by atoms with Crippen molar-refractivity contribution in [2.24, 2.45) is 4.99 Å². The van der Waals surface area contributed by atoms with Crippen LogP contribution >= 0.6 is 11.6 Å². The molecule has 0 saturated carbocycles. The molecule has 0 aliphatic rings. The quantitative estimate of drug-likeness (QED) is 0.570. The van der Waals surface area contributed by atoms with Crippen LogP contribution in [0.25, 0.3) is 6.08 Å². The molecule has 1 heterocycles. The molecular weight excluding hydrogens is 186 g/mol. The third-order valence-electron chi connectivity index (χ3n) is 1.54. The molecule has 0 fully saturated rings. The summed E-state index contributed by atoms with van der Waals surface area (Å²) in [6.07, 6.45) is 3.28. The van der Waals surface area contributed by atoms with Gasteiger partial charge in [0.1, 0.15) is 5.82 Å². The van der Waals surface area contributed by atoms with E-state index in [9.17, 15) is 0 Å². The summed E-state index contributed by atoms with van der Waals surface area (Å²) in [6, 6.07) is 2.01. The Morgan fingerprint density at radius 3 is 3.08 bits per heavy atom. The van der Waals surface area contributed by atoms with Gasteiger partial charge < -0.3 is 4.98 Å². The van der Waals surface area contributed by atoms with Crippen molar-refractivity contribution in [3.05, 3.63) is 22.4 Å². The number of nitriles is 1. The molecule has 1 aromatic rings. The first-order valence-corrected chi connectivity index (χ1v) is 3.99. The number of nitrogens with zero attached hydrogens (tertiary/aromatic N) is 2. The molecule has 0 aliphatic carbocycles. The van der Waals surface area contributed by atoms with Crippen LogP contribution in [-0.2, 0) is 0 Å². The summed E-state index contributed by atoms with van der Waals surface area (Å²) >= 11 is 5.85. The van der Waals surface area contributed by atoms with Crippen molar-refractivity contribution in [1.29, 1.82) is 5.26 Å². The molecule has 1 N–H and O–H groups in total. The van der Waals surface area contributed by atoms with Gasteiger partial charge in [-0.2, -0.15) is 5.26 Å². The summed E-state index contributed by atoms with van der Waals surface area (Å²) in [5, 5.41) is 9.11. The summed E-state index contributed by atoms with van der Waals surface area (Å²) in [7, 11) is 0. The van der Waals surface area contributed by atoms with Gasteiger partial charge in [-0.1, -0.05) is 11.6 Å². The number of hydrogen-bond acceptors (Lipinski definition) is 2. The van der Waals surface area contributed by atoms with E-state index < -0.39 is 0 Å². The zero-order valence-corrected chi connectivity index (χ0v) is 7.89. The van der Waals surface area contributed by atoms with Crippen LogP contribution < -0.4 is 0 Å². The van der Waals surface area contributed by atoms with Crippen molar-refractivity contribution in [2.45, 2.75) is 6.92 Å². The lowest BCUT2D eigenvalue weighted by atomic mass is 10.2. The Morgan fingerprint density at radius 2 is 2.54 bits per heavy atom. The number of halogens is 1. The van der Waals surface area contributed by atoms with Crippen molar-refractivity contribution < 1.29 is 0 Å². The minimum atomic E-state index is 0.539. The van der Waals surface area contributed by atoms with Crippen LogP contribution in [0.5, 0.6) is 0 Å². The van der Waals surface area contributed by atoms with Crippen LogP contribution in [0.3, 0.4) is 0 Å². The average Bonchev–Trinajstić information content (AvgIpc) is 2.48. The molecule has 0 atom stereocenters. The van der Waals surface area contributed by atoms with Gasteiger partial charge in [-0.05, 0) is 19.7 Å². The summed E-state index contributed by atoms with van der Waals surface area (Å²) in [4.78, 5) is 6.57. The first-order valence-electron chi connectivity index (χ1n) is 3.61. The van der Waals surface area contributed by atoms with E-state index in [-0.39, 0.29) is 0 Å². The Hall–Kier alpha value is -1.53.